The van der Waals surface area contributed by atoms with Gasteiger partial charge in [-0.3, -0.25) is 0 Å². The fraction of sp³-hybridized carbons (Fsp3) is 1.00. The van der Waals surface area contributed by atoms with Gasteiger partial charge in [0.15, 0.2) is 0 Å². The van der Waals surface area contributed by atoms with Gasteiger partial charge in [-0.1, -0.05) is 13.8 Å². The van der Waals surface area contributed by atoms with Crippen LogP contribution in [-0.4, -0.2) is 21.8 Å². The summed E-state index contributed by atoms with van der Waals surface area (Å²) in [6, 6.07) is 0. The molecule has 0 N–H and O–H groups in total. The molecule has 0 aromatic carbocycles. The molecule has 0 spiro atoms. The van der Waals surface area contributed by atoms with Gasteiger partial charge in [0.25, 0.3) is 0 Å². The van der Waals surface area contributed by atoms with E-state index in [1.165, 1.54) is 0 Å². The van der Waals surface area contributed by atoms with Crippen molar-refractivity contribution in [2.45, 2.75) is 39.8 Å². The molecule has 0 aromatic heterocycles. The van der Waals surface area contributed by atoms with Crippen LogP contribution in [0.25, 0.3) is 0 Å². The maximum Gasteiger partial charge on any atom is 0.337 e. The molecule has 0 amide bonds. The van der Waals surface area contributed by atoms with E-state index in [1.807, 2.05) is 13.8 Å². The first-order valence-electron chi connectivity index (χ1n) is 4.34. The fourth-order valence-corrected chi connectivity index (χ4v) is 2.84. The van der Waals surface area contributed by atoms with Crippen molar-refractivity contribution in [3.63, 3.8) is 0 Å². The summed E-state index contributed by atoms with van der Waals surface area (Å²) in [5.41, 5.74) is 0.530. The van der Waals surface area contributed by atoms with E-state index in [4.69, 9.17) is 8.85 Å². The van der Waals surface area contributed by atoms with Crippen LogP contribution in [0.4, 0.5) is 0 Å². The Kier molecular flexibility index (Phi) is 4.96. The molecule has 0 saturated heterocycles. The molecule has 0 atom stereocenters. The van der Waals surface area contributed by atoms with Crippen LogP contribution in [0.1, 0.15) is 27.7 Å². The molecule has 11 heavy (non-hydrogen) atoms. The molecule has 0 rings (SSSR count). The first-order chi connectivity index (χ1) is 5.06. The van der Waals surface area contributed by atoms with Crippen molar-refractivity contribution in [1.29, 1.82) is 0 Å². The Balaban J connectivity index is 4.01. The van der Waals surface area contributed by atoms with Gasteiger partial charge in [-0.15, -0.1) is 0 Å². The van der Waals surface area contributed by atoms with Crippen molar-refractivity contribution in [1.82, 2.24) is 0 Å². The molecule has 3 heteroatoms. The Morgan fingerprint density at radius 1 is 1.09 bits per heavy atom. The molecular formula is C8H20O2Si. The van der Waals surface area contributed by atoms with E-state index in [9.17, 15) is 0 Å². The number of hydrogen-bond acceptors (Lipinski definition) is 2. The third kappa shape index (κ3) is 3.36. The lowest BCUT2D eigenvalue weighted by molar-refractivity contribution is 0.182. The van der Waals surface area contributed by atoms with Crippen molar-refractivity contribution in [3.8, 4) is 0 Å². The number of hydrogen-bond donors (Lipinski definition) is 0. The largest absolute Gasteiger partial charge is 0.395 e. The van der Waals surface area contributed by atoms with E-state index in [0.717, 1.165) is 13.2 Å². The summed E-state index contributed by atoms with van der Waals surface area (Å²) in [7, 11) is -1.83. The van der Waals surface area contributed by atoms with Gasteiger partial charge in [0.1, 0.15) is 0 Å². The highest BCUT2D eigenvalue weighted by Gasteiger charge is 2.34. The Labute approximate surface area is 71.1 Å². The normalized spacial score (nSPS) is 12.5. The van der Waals surface area contributed by atoms with Gasteiger partial charge < -0.3 is 8.85 Å². The van der Waals surface area contributed by atoms with E-state index in [0.29, 0.717) is 5.54 Å². The van der Waals surface area contributed by atoms with E-state index < -0.39 is 8.56 Å². The Bertz CT molecular complexity index is 98.3. The second kappa shape index (κ2) is 4.90. The van der Waals surface area contributed by atoms with Crippen LogP contribution in [0.3, 0.4) is 0 Å². The van der Waals surface area contributed by atoms with Gasteiger partial charge in [-0.2, -0.15) is 0 Å². The van der Waals surface area contributed by atoms with Crippen LogP contribution in [0.5, 0.6) is 0 Å². The first-order valence-corrected chi connectivity index (χ1v) is 6.74. The van der Waals surface area contributed by atoms with Crippen molar-refractivity contribution in [2.75, 3.05) is 13.2 Å². The summed E-state index contributed by atoms with van der Waals surface area (Å²) in [6.45, 7) is 12.0. The fourth-order valence-electron chi connectivity index (χ4n) is 0.948. The Morgan fingerprint density at radius 2 is 1.45 bits per heavy atom. The van der Waals surface area contributed by atoms with Gasteiger partial charge in [0.2, 0.25) is 0 Å². The summed E-state index contributed by atoms with van der Waals surface area (Å²) >= 11 is 0. The van der Waals surface area contributed by atoms with Crippen LogP contribution in [-0.2, 0) is 8.85 Å². The summed E-state index contributed by atoms with van der Waals surface area (Å²) < 4.78 is 11.3. The highest BCUT2D eigenvalue weighted by Crippen LogP contribution is 2.22. The summed E-state index contributed by atoms with van der Waals surface area (Å²) in [4.78, 5) is 0. The van der Waals surface area contributed by atoms with Crippen molar-refractivity contribution in [2.24, 2.45) is 0 Å². The molecule has 0 radical (unpaired) electrons. The third-order valence-electron chi connectivity index (χ3n) is 1.91. The third-order valence-corrected chi connectivity index (χ3v) is 5.73. The van der Waals surface area contributed by atoms with Gasteiger partial charge in [-0.05, 0) is 25.9 Å². The molecule has 2 nitrogen and oxygen atoms in total. The van der Waals surface area contributed by atoms with Crippen LogP contribution in [0.2, 0.25) is 12.1 Å². The molecular weight excluding hydrogens is 156 g/mol. The first kappa shape index (κ1) is 11.1. The second-order valence-corrected chi connectivity index (χ2v) is 6.80. The van der Waals surface area contributed by atoms with Gasteiger partial charge in [0, 0.05) is 13.2 Å². The average Bonchev–Trinajstić information content (AvgIpc) is 1.88. The zero-order valence-electron chi connectivity index (χ0n) is 8.31. The van der Waals surface area contributed by atoms with Gasteiger partial charge in [0.05, 0.1) is 0 Å². The SMILES string of the molecule is CCO[Si](C)(OCC)C(C)C. The topological polar surface area (TPSA) is 18.5 Å². The van der Waals surface area contributed by atoms with Crippen LogP contribution in [0.15, 0.2) is 0 Å². The van der Waals surface area contributed by atoms with Crippen LogP contribution in [0, 0.1) is 0 Å². The summed E-state index contributed by atoms with van der Waals surface area (Å²) in [5.74, 6) is 0. The lowest BCUT2D eigenvalue weighted by Gasteiger charge is -2.29. The molecule has 0 bridgehead atoms. The highest BCUT2D eigenvalue weighted by atomic mass is 28.4. The molecule has 0 aliphatic carbocycles. The maximum absolute atomic E-state index is 5.65. The quantitative estimate of drug-likeness (QED) is 0.599. The van der Waals surface area contributed by atoms with Crippen molar-refractivity contribution in [3.05, 3.63) is 0 Å². The zero-order valence-corrected chi connectivity index (χ0v) is 9.31. The minimum Gasteiger partial charge on any atom is -0.395 e. The lowest BCUT2D eigenvalue weighted by Crippen LogP contribution is -2.41. The number of rotatable bonds is 5. The predicted molar refractivity (Wildman–Crippen MR) is 50.0 cm³/mol. The molecule has 0 saturated carbocycles. The van der Waals surface area contributed by atoms with Gasteiger partial charge in [-0.25, -0.2) is 0 Å². The highest BCUT2D eigenvalue weighted by molar-refractivity contribution is 6.67. The molecule has 0 aliphatic heterocycles. The second-order valence-electron chi connectivity index (χ2n) is 3.04. The van der Waals surface area contributed by atoms with E-state index in [2.05, 4.69) is 20.4 Å². The van der Waals surface area contributed by atoms with Crippen molar-refractivity contribution >= 4 is 8.56 Å². The van der Waals surface area contributed by atoms with Gasteiger partial charge >= 0.3 is 8.56 Å². The van der Waals surface area contributed by atoms with Crippen LogP contribution < -0.4 is 0 Å². The minimum absolute atomic E-state index is 0.530. The smallest absolute Gasteiger partial charge is 0.337 e. The summed E-state index contributed by atoms with van der Waals surface area (Å²) in [5, 5.41) is 0. The zero-order chi connectivity index (χ0) is 8.91. The molecule has 0 heterocycles. The predicted octanol–water partition coefficient (Wildman–Crippen LogP) is 2.54. The van der Waals surface area contributed by atoms with E-state index in [1.54, 1.807) is 0 Å². The lowest BCUT2D eigenvalue weighted by atomic mass is 10.6. The van der Waals surface area contributed by atoms with Crippen LogP contribution >= 0.6 is 0 Å². The maximum atomic E-state index is 5.65. The Hall–Kier alpha value is 0.137. The van der Waals surface area contributed by atoms with Crippen molar-refractivity contribution < 1.29 is 8.85 Å². The average molecular weight is 176 g/mol. The molecule has 68 valence electrons. The standard InChI is InChI=1S/C8H20O2Si/c1-6-9-11(5,8(3)4)10-7-2/h8H,6-7H2,1-5H3. The van der Waals surface area contributed by atoms with E-state index >= 15 is 0 Å². The molecule has 0 unspecified atom stereocenters. The molecule has 0 fully saturated rings. The molecule has 0 aromatic rings. The summed E-state index contributed by atoms with van der Waals surface area (Å²) in [6.07, 6.45) is 0. The minimum atomic E-state index is -1.83. The van der Waals surface area contributed by atoms with E-state index in [-0.39, 0.29) is 0 Å². The Morgan fingerprint density at radius 3 is 1.64 bits per heavy atom. The molecule has 0 aliphatic rings. The monoisotopic (exact) mass is 176 g/mol.